The number of sulfonamides is 1. The third-order valence-corrected chi connectivity index (χ3v) is 4.60. The van der Waals surface area contributed by atoms with Crippen LogP contribution in [0.2, 0.25) is 5.02 Å². The summed E-state index contributed by atoms with van der Waals surface area (Å²) in [7, 11) is 0.0644. The summed E-state index contributed by atoms with van der Waals surface area (Å²) < 4.78 is 25.0. The zero-order valence-corrected chi connectivity index (χ0v) is 11.6. The molecule has 0 aromatic heterocycles. The van der Waals surface area contributed by atoms with E-state index in [0.29, 0.717) is 18.1 Å². The third kappa shape index (κ3) is 4.27. The fraction of sp³-hybridized carbons (Fsp3) is 0.455. The van der Waals surface area contributed by atoms with E-state index in [-0.39, 0.29) is 5.75 Å². The molecule has 0 spiro atoms. The molecule has 1 aromatic carbocycles. The maximum Gasteiger partial charge on any atom is 0.215 e. The Balaban J connectivity index is 2.72. The zero-order valence-electron chi connectivity index (χ0n) is 9.98. The van der Waals surface area contributed by atoms with Crippen molar-refractivity contribution >= 4 is 21.6 Å². The van der Waals surface area contributed by atoms with Crippen molar-refractivity contribution < 1.29 is 8.42 Å². The van der Waals surface area contributed by atoms with Crippen LogP contribution >= 0.6 is 11.6 Å². The summed E-state index contributed by atoms with van der Waals surface area (Å²) in [4.78, 5) is 0. The number of nitrogens with zero attached hydrogens (tertiary/aromatic N) is 1. The molecule has 4 nitrogen and oxygen atoms in total. The van der Waals surface area contributed by atoms with E-state index in [9.17, 15) is 8.42 Å². The predicted octanol–water partition coefficient (Wildman–Crippen LogP) is 1.32. The van der Waals surface area contributed by atoms with Gasteiger partial charge < -0.3 is 5.32 Å². The van der Waals surface area contributed by atoms with Gasteiger partial charge in [-0.05, 0) is 18.7 Å². The molecule has 0 unspecified atom stereocenters. The van der Waals surface area contributed by atoms with E-state index in [1.54, 1.807) is 20.2 Å². The molecular formula is C11H17ClN2O2S. The Labute approximate surface area is 108 Å². The normalized spacial score (nSPS) is 12.0. The number of nitrogens with one attached hydrogen (secondary N) is 1. The fourth-order valence-corrected chi connectivity index (χ4v) is 2.66. The summed E-state index contributed by atoms with van der Waals surface area (Å²) in [5, 5.41) is 3.41. The highest BCUT2D eigenvalue weighted by molar-refractivity contribution is 7.89. The molecule has 17 heavy (non-hydrogen) atoms. The Kier molecular flexibility index (Phi) is 5.39. The Hall–Kier alpha value is -0.620. The van der Waals surface area contributed by atoms with Crippen LogP contribution < -0.4 is 5.32 Å². The molecule has 0 saturated heterocycles. The van der Waals surface area contributed by atoms with Crippen molar-refractivity contribution in [1.29, 1.82) is 0 Å². The second-order valence-corrected chi connectivity index (χ2v) is 6.37. The number of halogens is 1. The summed E-state index contributed by atoms with van der Waals surface area (Å²) >= 11 is 5.99. The highest BCUT2D eigenvalue weighted by atomic mass is 35.5. The first kappa shape index (κ1) is 14.4. The lowest BCUT2D eigenvalue weighted by molar-refractivity contribution is 0.466. The molecule has 0 fully saturated rings. The van der Waals surface area contributed by atoms with E-state index >= 15 is 0 Å². The molecule has 0 radical (unpaired) electrons. The Morgan fingerprint density at radius 3 is 2.59 bits per heavy atom. The molecular weight excluding hydrogens is 260 g/mol. The summed E-state index contributed by atoms with van der Waals surface area (Å²) in [5.74, 6) is 0.0878. The molecule has 1 N–H and O–H groups in total. The lowest BCUT2D eigenvalue weighted by Crippen LogP contribution is -2.32. The molecule has 6 heteroatoms. The fourth-order valence-electron chi connectivity index (χ4n) is 1.35. The van der Waals surface area contributed by atoms with E-state index in [1.165, 1.54) is 4.31 Å². The van der Waals surface area contributed by atoms with Gasteiger partial charge in [0.15, 0.2) is 0 Å². The van der Waals surface area contributed by atoms with Crippen LogP contribution in [0.5, 0.6) is 0 Å². The largest absolute Gasteiger partial charge is 0.319 e. The van der Waals surface area contributed by atoms with Gasteiger partial charge in [0.2, 0.25) is 10.0 Å². The van der Waals surface area contributed by atoms with Gasteiger partial charge in [0.1, 0.15) is 0 Å². The first-order valence-electron chi connectivity index (χ1n) is 5.29. The second kappa shape index (κ2) is 6.35. The first-order valence-corrected chi connectivity index (χ1v) is 7.28. The van der Waals surface area contributed by atoms with Crippen LogP contribution in [0, 0.1) is 0 Å². The number of benzene rings is 1. The van der Waals surface area contributed by atoms with E-state index in [1.807, 2.05) is 18.2 Å². The van der Waals surface area contributed by atoms with E-state index in [2.05, 4.69) is 5.32 Å². The van der Waals surface area contributed by atoms with Crippen molar-refractivity contribution in [3.05, 3.63) is 34.9 Å². The molecule has 0 aliphatic heterocycles. The van der Waals surface area contributed by atoms with E-state index in [0.717, 1.165) is 5.56 Å². The minimum Gasteiger partial charge on any atom is -0.319 e. The van der Waals surface area contributed by atoms with Crippen molar-refractivity contribution in [2.24, 2.45) is 0 Å². The smallest absolute Gasteiger partial charge is 0.215 e. The van der Waals surface area contributed by atoms with Gasteiger partial charge in [-0.15, -0.1) is 0 Å². The average molecular weight is 277 g/mol. The topological polar surface area (TPSA) is 49.4 Å². The predicted molar refractivity (Wildman–Crippen MR) is 70.6 cm³/mol. The quantitative estimate of drug-likeness (QED) is 0.853. The van der Waals surface area contributed by atoms with Crippen LogP contribution in [0.25, 0.3) is 0 Å². The number of hydrogen-bond donors (Lipinski definition) is 1. The van der Waals surface area contributed by atoms with Crippen molar-refractivity contribution in [3.63, 3.8) is 0 Å². The lowest BCUT2D eigenvalue weighted by atomic mass is 10.2. The molecule has 0 aliphatic rings. The van der Waals surface area contributed by atoms with Gasteiger partial charge >= 0.3 is 0 Å². The molecule has 0 heterocycles. The van der Waals surface area contributed by atoms with E-state index in [4.69, 9.17) is 11.6 Å². The van der Waals surface area contributed by atoms with Crippen molar-refractivity contribution in [2.75, 3.05) is 26.4 Å². The maximum absolute atomic E-state index is 11.8. The summed E-state index contributed by atoms with van der Waals surface area (Å²) in [5.41, 5.74) is 0.810. The van der Waals surface area contributed by atoms with Gasteiger partial charge in [0, 0.05) is 25.2 Å². The monoisotopic (exact) mass is 276 g/mol. The molecule has 0 atom stereocenters. The average Bonchev–Trinajstić information content (AvgIpc) is 2.29. The SMILES string of the molecule is CNCCS(=O)(=O)N(C)Cc1ccccc1Cl. The van der Waals surface area contributed by atoms with Gasteiger partial charge in [-0.3, -0.25) is 0 Å². The second-order valence-electron chi connectivity index (χ2n) is 3.77. The molecule has 96 valence electrons. The van der Waals surface area contributed by atoms with E-state index < -0.39 is 10.0 Å². The van der Waals surface area contributed by atoms with Gasteiger partial charge in [-0.1, -0.05) is 29.8 Å². The van der Waals surface area contributed by atoms with Gasteiger partial charge in [-0.2, -0.15) is 0 Å². The molecule has 1 aromatic rings. The standard InChI is InChI=1S/C11H17ClN2O2S/c1-13-7-8-17(15,16)14(2)9-10-5-3-4-6-11(10)12/h3-6,13H,7-9H2,1-2H3. The Bertz CT molecular complexity index is 462. The molecule has 0 bridgehead atoms. The maximum atomic E-state index is 11.8. The van der Waals surface area contributed by atoms with Crippen molar-refractivity contribution in [3.8, 4) is 0 Å². The molecule has 0 saturated carbocycles. The summed E-state index contributed by atoms with van der Waals surface area (Å²) in [6, 6.07) is 7.24. The van der Waals surface area contributed by atoms with Crippen molar-refractivity contribution in [1.82, 2.24) is 9.62 Å². The number of hydrogen-bond acceptors (Lipinski definition) is 3. The van der Waals surface area contributed by atoms with Crippen LogP contribution in [0.1, 0.15) is 5.56 Å². The molecule has 0 amide bonds. The molecule has 1 rings (SSSR count). The summed E-state index contributed by atoms with van der Waals surface area (Å²) in [6.45, 7) is 0.737. The van der Waals surface area contributed by atoms with Gasteiger partial charge in [0.25, 0.3) is 0 Å². The minimum absolute atomic E-state index is 0.0878. The van der Waals surface area contributed by atoms with Crippen LogP contribution in [-0.4, -0.2) is 39.1 Å². The number of rotatable bonds is 6. The van der Waals surface area contributed by atoms with Crippen LogP contribution in [-0.2, 0) is 16.6 Å². The van der Waals surface area contributed by atoms with Gasteiger partial charge in [-0.25, -0.2) is 12.7 Å². The van der Waals surface area contributed by atoms with Gasteiger partial charge in [0.05, 0.1) is 5.75 Å². The Morgan fingerprint density at radius 2 is 2.00 bits per heavy atom. The van der Waals surface area contributed by atoms with Crippen molar-refractivity contribution in [2.45, 2.75) is 6.54 Å². The Morgan fingerprint density at radius 1 is 1.35 bits per heavy atom. The minimum atomic E-state index is -3.23. The highest BCUT2D eigenvalue weighted by Gasteiger charge is 2.17. The lowest BCUT2D eigenvalue weighted by Gasteiger charge is -2.17. The third-order valence-electron chi connectivity index (χ3n) is 2.44. The molecule has 0 aliphatic carbocycles. The van der Waals surface area contributed by atoms with Crippen LogP contribution in [0.3, 0.4) is 0 Å². The van der Waals surface area contributed by atoms with Crippen LogP contribution in [0.15, 0.2) is 24.3 Å². The highest BCUT2D eigenvalue weighted by Crippen LogP contribution is 2.17. The van der Waals surface area contributed by atoms with Crippen LogP contribution in [0.4, 0.5) is 0 Å². The zero-order chi connectivity index (χ0) is 12.9. The summed E-state index contributed by atoms with van der Waals surface area (Å²) in [6.07, 6.45) is 0. The first-order chi connectivity index (χ1) is 7.97.